The summed E-state index contributed by atoms with van der Waals surface area (Å²) in [5.74, 6) is -0.901. The molecule has 32 heavy (non-hydrogen) atoms. The highest BCUT2D eigenvalue weighted by atomic mass is 35.5. The molecule has 162 valence electrons. The van der Waals surface area contributed by atoms with Crippen molar-refractivity contribution in [2.75, 3.05) is 0 Å². The number of hydrogen-bond acceptors (Lipinski definition) is 4. The predicted octanol–water partition coefficient (Wildman–Crippen LogP) is 5.83. The van der Waals surface area contributed by atoms with Gasteiger partial charge in [0.05, 0.1) is 22.5 Å². The largest absolute Gasteiger partial charge is 0.271 e. The molecule has 0 aliphatic carbocycles. The third kappa shape index (κ3) is 6.55. The van der Waals surface area contributed by atoms with Crippen LogP contribution in [-0.2, 0) is 0 Å². The van der Waals surface area contributed by atoms with E-state index in [-0.39, 0.29) is 0 Å². The van der Waals surface area contributed by atoms with E-state index in [2.05, 4.69) is 21.1 Å². The molecule has 0 bridgehead atoms. The Morgan fingerprint density at radius 2 is 1.00 bits per heavy atom. The monoisotopic (exact) mass is 506 g/mol. The number of halogens is 4. The van der Waals surface area contributed by atoms with Crippen molar-refractivity contribution in [3.05, 3.63) is 103 Å². The quantitative estimate of drug-likeness (QED) is 0.325. The average molecular weight is 508 g/mol. The van der Waals surface area contributed by atoms with E-state index in [1.165, 1.54) is 36.7 Å². The molecule has 3 aromatic rings. The molecular weight excluding hydrogens is 494 g/mol. The molecule has 0 radical (unpaired) electrons. The van der Waals surface area contributed by atoms with Gasteiger partial charge in [0.15, 0.2) is 0 Å². The van der Waals surface area contributed by atoms with Gasteiger partial charge in [0.2, 0.25) is 0 Å². The van der Waals surface area contributed by atoms with Gasteiger partial charge in [0.1, 0.15) is 0 Å². The van der Waals surface area contributed by atoms with Crippen molar-refractivity contribution in [1.82, 2.24) is 10.9 Å². The number of nitrogens with one attached hydrogen (secondary N) is 2. The Bertz CT molecular complexity index is 1120. The standard InChI is InChI=1S/C22H14Cl4N4O2/c23-17-7-5-15(19(25)9-17)11-27-29-21(31)13-1-2-14(4-3-13)22(32)30-28-12-16-6-8-18(24)10-20(16)26/h1-12H,(H,29,31)(H,30,32)/b27-11+,28-12+. The summed E-state index contributed by atoms with van der Waals surface area (Å²) in [7, 11) is 0. The van der Waals surface area contributed by atoms with E-state index in [9.17, 15) is 9.59 Å². The minimum Gasteiger partial charge on any atom is -0.267 e. The maximum Gasteiger partial charge on any atom is 0.271 e. The van der Waals surface area contributed by atoms with Gasteiger partial charge in [-0.15, -0.1) is 0 Å². The zero-order chi connectivity index (χ0) is 23.1. The lowest BCUT2D eigenvalue weighted by Gasteiger charge is -2.03. The molecular formula is C22H14Cl4N4O2. The number of amides is 2. The highest BCUT2D eigenvalue weighted by Gasteiger charge is 2.08. The van der Waals surface area contributed by atoms with Crippen LogP contribution in [0.5, 0.6) is 0 Å². The number of carbonyl (C=O) groups is 2. The Morgan fingerprint density at radius 3 is 1.34 bits per heavy atom. The van der Waals surface area contributed by atoms with E-state index in [0.717, 1.165) is 0 Å². The first-order valence-electron chi connectivity index (χ1n) is 9.00. The van der Waals surface area contributed by atoms with Gasteiger partial charge in [0.25, 0.3) is 11.8 Å². The summed E-state index contributed by atoms with van der Waals surface area (Å²) in [6, 6.07) is 15.8. The Hall–Kier alpha value is -2.90. The van der Waals surface area contributed by atoms with Gasteiger partial charge in [-0.25, -0.2) is 10.9 Å². The lowest BCUT2D eigenvalue weighted by molar-refractivity contribution is 0.0943. The molecule has 2 N–H and O–H groups in total. The average Bonchev–Trinajstić information content (AvgIpc) is 2.76. The third-order valence-electron chi connectivity index (χ3n) is 4.07. The second-order valence-electron chi connectivity index (χ2n) is 6.31. The van der Waals surface area contributed by atoms with E-state index in [0.29, 0.717) is 42.3 Å². The molecule has 3 rings (SSSR count). The van der Waals surface area contributed by atoms with Crippen molar-refractivity contribution >= 4 is 70.6 Å². The van der Waals surface area contributed by atoms with Crippen LogP contribution in [0.4, 0.5) is 0 Å². The molecule has 0 heterocycles. The van der Waals surface area contributed by atoms with Crippen molar-refractivity contribution in [3.8, 4) is 0 Å². The minimum absolute atomic E-state index is 0.317. The minimum atomic E-state index is -0.450. The molecule has 2 amide bonds. The predicted molar refractivity (Wildman–Crippen MR) is 129 cm³/mol. The highest BCUT2D eigenvalue weighted by Crippen LogP contribution is 2.20. The van der Waals surface area contributed by atoms with E-state index in [4.69, 9.17) is 46.4 Å². The van der Waals surface area contributed by atoms with E-state index < -0.39 is 11.8 Å². The summed E-state index contributed by atoms with van der Waals surface area (Å²) in [5.41, 5.74) is 6.62. The normalized spacial score (nSPS) is 11.1. The molecule has 0 unspecified atom stereocenters. The number of rotatable bonds is 6. The highest BCUT2D eigenvalue weighted by molar-refractivity contribution is 6.36. The first-order chi connectivity index (χ1) is 15.3. The Kier molecular flexibility index (Phi) is 8.25. The number of hydrogen-bond donors (Lipinski definition) is 2. The fourth-order valence-corrected chi connectivity index (χ4v) is 3.35. The fraction of sp³-hybridized carbons (Fsp3) is 0. The molecule has 0 aliphatic rings. The topological polar surface area (TPSA) is 82.9 Å². The van der Waals surface area contributed by atoms with Crippen molar-refractivity contribution in [2.24, 2.45) is 10.2 Å². The van der Waals surface area contributed by atoms with Crippen LogP contribution < -0.4 is 10.9 Å². The zero-order valence-corrected chi connectivity index (χ0v) is 19.2. The smallest absolute Gasteiger partial charge is 0.267 e. The van der Waals surface area contributed by atoms with Crippen molar-refractivity contribution in [3.63, 3.8) is 0 Å². The zero-order valence-electron chi connectivity index (χ0n) is 16.2. The Labute approximate surface area is 203 Å². The van der Waals surface area contributed by atoms with Crippen LogP contribution in [0.25, 0.3) is 0 Å². The maximum atomic E-state index is 12.2. The van der Waals surface area contributed by atoms with Gasteiger partial charge in [0, 0.05) is 32.3 Å². The first-order valence-corrected chi connectivity index (χ1v) is 10.5. The molecule has 0 saturated carbocycles. The van der Waals surface area contributed by atoms with Gasteiger partial charge < -0.3 is 0 Å². The summed E-state index contributed by atoms with van der Waals surface area (Å²) >= 11 is 23.8. The van der Waals surface area contributed by atoms with Gasteiger partial charge in [-0.2, -0.15) is 10.2 Å². The van der Waals surface area contributed by atoms with Crippen LogP contribution in [0, 0.1) is 0 Å². The summed E-state index contributed by atoms with van der Waals surface area (Å²) in [4.78, 5) is 24.4. The number of hydrazone groups is 2. The SMILES string of the molecule is O=C(N/N=C/c1ccc(Cl)cc1Cl)c1ccc(C(=O)N/N=C/c2ccc(Cl)cc2Cl)cc1. The van der Waals surface area contributed by atoms with Crippen LogP contribution in [0.3, 0.4) is 0 Å². The summed E-state index contributed by atoms with van der Waals surface area (Å²) in [5, 5.41) is 9.57. The number of nitrogens with zero attached hydrogens (tertiary/aromatic N) is 2. The molecule has 0 atom stereocenters. The van der Waals surface area contributed by atoms with E-state index >= 15 is 0 Å². The lowest BCUT2D eigenvalue weighted by atomic mass is 10.1. The van der Waals surface area contributed by atoms with E-state index in [1.54, 1.807) is 36.4 Å². The molecule has 0 saturated heterocycles. The molecule has 6 nitrogen and oxygen atoms in total. The van der Waals surface area contributed by atoms with Crippen molar-refractivity contribution in [1.29, 1.82) is 0 Å². The first kappa shape index (κ1) is 23.8. The van der Waals surface area contributed by atoms with Gasteiger partial charge in [-0.1, -0.05) is 58.5 Å². The van der Waals surface area contributed by atoms with Crippen molar-refractivity contribution < 1.29 is 9.59 Å². The third-order valence-corrected chi connectivity index (χ3v) is 5.20. The summed E-state index contributed by atoms with van der Waals surface area (Å²) in [6.45, 7) is 0. The molecule has 0 spiro atoms. The van der Waals surface area contributed by atoms with Gasteiger partial charge >= 0.3 is 0 Å². The fourth-order valence-electron chi connectivity index (χ4n) is 2.44. The van der Waals surface area contributed by atoms with Crippen LogP contribution in [0.2, 0.25) is 20.1 Å². The molecule has 10 heteroatoms. The second-order valence-corrected chi connectivity index (χ2v) is 7.99. The maximum absolute atomic E-state index is 12.2. The Morgan fingerprint density at radius 1 is 0.625 bits per heavy atom. The van der Waals surface area contributed by atoms with Crippen LogP contribution >= 0.6 is 46.4 Å². The molecule has 0 fully saturated rings. The Balaban J connectivity index is 1.56. The van der Waals surface area contributed by atoms with Crippen molar-refractivity contribution in [2.45, 2.75) is 0 Å². The van der Waals surface area contributed by atoms with Crippen LogP contribution in [0.15, 0.2) is 70.9 Å². The molecule has 0 aromatic heterocycles. The number of carbonyl (C=O) groups excluding carboxylic acids is 2. The van der Waals surface area contributed by atoms with Crippen LogP contribution in [-0.4, -0.2) is 24.2 Å². The lowest BCUT2D eigenvalue weighted by Crippen LogP contribution is -2.19. The molecule has 3 aromatic carbocycles. The van der Waals surface area contributed by atoms with Crippen LogP contribution in [0.1, 0.15) is 31.8 Å². The molecule has 0 aliphatic heterocycles. The van der Waals surface area contributed by atoms with Gasteiger partial charge in [-0.05, 0) is 48.5 Å². The summed E-state index contributed by atoms with van der Waals surface area (Å²) in [6.07, 6.45) is 2.81. The van der Waals surface area contributed by atoms with Gasteiger partial charge in [-0.3, -0.25) is 9.59 Å². The summed E-state index contributed by atoms with van der Waals surface area (Å²) < 4.78 is 0. The van der Waals surface area contributed by atoms with E-state index in [1.807, 2.05) is 0 Å². The second kappa shape index (κ2) is 11.1. The number of benzene rings is 3.